The van der Waals surface area contributed by atoms with Crippen LogP contribution in [0.1, 0.15) is 12.8 Å². The lowest BCUT2D eigenvalue weighted by molar-refractivity contribution is -0.138. The average molecular weight is 450 g/mol. The molecular weight excluding hydrogens is 426 g/mol. The number of likely N-dealkylation sites (N-methyl/N-ethyl adjacent to an activating group) is 1. The van der Waals surface area contributed by atoms with Gasteiger partial charge in [0.05, 0.1) is 11.4 Å². The number of nitrogens with zero attached hydrogens (tertiary/aromatic N) is 2. The van der Waals surface area contributed by atoms with Gasteiger partial charge in [-0.2, -0.15) is 4.31 Å². The Morgan fingerprint density at radius 2 is 1.67 bits per heavy atom. The maximum absolute atomic E-state index is 12.8. The summed E-state index contributed by atoms with van der Waals surface area (Å²) in [4.78, 5) is 26.5. The normalized spacial score (nSPS) is 15.5. The molecule has 0 radical (unpaired) electrons. The average Bonchev–Trinajstić information content (AvgIpc) is 2.74. The highest BCUT2D eigenvalue weighted by molar-refractivity contribution is 7.89. The van der Waals surface area contributed by atoms with Gasteiger partial charge in [-0.15, -0.1) is 0 Å². The van der Waals surface area contributed by atoms with E-state index in [2.05, 4.69) is 5.32 Å². The van der Waals surface area contributed by atoms with E-state index >= 15 is 0 Å². The number of halogens is 1. The molecule has 1 heterocycles. The van der Waals surface area contributed by atoms with Gasteiger partial charge in [-0.05, 0) is 49.2 Å². The monoisotopic (exact) mass is 449 g/mol. The van der Waals surface area contributed by atoms with E-state index in [1.54, 1.807) is 31.3 Å². The molecule has 1 aliphatic heterocycles. The molecule has 0 saturated carbocycles. The summed E-state index contributed by atoms with van der Waals surface area (Å²) in [5, 5.41) is 3.22. The number of carbonyl (C=O) groups is 2. The number of nitrogens with one attached hydrogen (secondary N) is 1. The fourth-order valence-electron chi connectivity index (χ4n) is 3.43. The molecule has 1 fully saturated rings. The molecule has 3 rings (SSSR count). The third-order valence-corrected chi connectivity index (χ3v) is 7.23. The summed E-state index contributed by atoms with van der Waals surface area (Å²) in [6, 6.07) is 15.1. The lowest BCUT2D eigenvalue weighted by Gasteiger charge is -2.32. The maximum atomic E-state index is 12.8. The van der Waals surface area contributed by atoms with Gasteiger partial charge in [0.15, 0.2) is 0 Å². The van der Waals surface area contributed by atoms with E-state index in [4.69, 9.17) is 11.6 Å². The Morgan fingerprint density at radius 3 is 2.27 bits per heavy atom. The van der Waals surface area contributed by atoms with Crippen LogP contribution in [0.15, 0.2) is 59.5 Å². The highest BCUT2D eigenvalue weighted by Gasteiger charge is 2.33. The van der Waals surface area contributed by atoms with Crippen molar-refractivity contribution in [3.05, 3.63) is 59.6 Å². The number of rotatable bonds is 6. The molecule has 1 saturated heterocycles. The van der Waals surface area contributed by atoms with E-state index in [0.717, 1.165) is 0 Å². The van der Waals surface area contributed by atoms with Gasteiger partial charge in [0, 0.05) is 36.8 Å². The zero-order chi connectivity index (χ0) is 21.7. The number of sulfonamides is 1. The van der Waals surface area contributed by atoms with E-state index in [1.165, 1.54) is 21.3 Å². The Labute approximate surface area is 181 Å². The second kappa shape index (κ2) is 9.59. The summed E-state index contributed by atoms with van der Waals surface area (Å²) in [5.41, 5.74) is 0.670. The molecule has 0 atom stereocenters. The largest absolute Gasteiger partial charge is 0.336 e. The minimum atomic E-state index is -3.62. The Morgan fingerprint density at radius 1 is 1.07 bits per heavy atom. The third kappa shape index (κ3) is 5.38. The number of amides is 2. The number of para-hydroxylation sites is 1. The molecular formula is C21H24ClN3O4S. The Balaban J connectivity index is 1.53. The summed E-state index contributed by atoms with van der Waals surface area (Å²) < 4.78 is 26.9. The van der Waals surface area contributed by atoms with Gasteiger partial charge < -0.3 is 10.2 Å². The summed E-state index contributed by atoms with van der Waals surface area (Å²) in [6.07, 6.45) is 0.826. The first-order valence-electron chi connectivity index (χ1n) is 9.63. The van der Waals surface area contributed by atoms with Gasteiger partial charge in [0.25, 0.3) is 0 Å². The fourth-order valence-corrected chi connectivity index (χ4v) is 5.02. The Bertz CT molecular complexity index is 989. The van der Waals surface area contributed by atoms with Crippen LogP contribution in [0.25, 0.3) is 0 Å². The third-order valence-electron chi connectivity index (χ3n) is 5.07. The van der Waals surface area contributed by atoms with Crippen LogP contribution < -0.4 is 5.32 Å². The maximum Gasteiger partial charge on any atom is 0.243 e. The van der Waals surface area contributed by atoms with E-state index in [9.17, 15) is 18.0 Å². The molecule has 7 nitrogen and oxygen atoms in total. The predicted molar refractivity (Wildman–Crippen MR) is 116 cm³/mol. The van der Waals surface area contributed by atoms with E-state index in [0.29, 0.717) is 23.6 Å². The van der Waals surface area contributed by atoms with Crippen molar-refractivity contribution in [2.45, 2.75) is 17.7 Å². The number of benzene rings is 2. The van der Waals surface area contributed by atoms with Gasteiger partial charge in [-0.3, -0.25) is 9.59 Å². The molecule has 0 aromatic heterocycles. The van der Waals surface area contributed by atoms with Crippen molar-refractivity contribution in [1.29, 1.82) is 0 Å². The van der Waals surface area contributed by atoms with Gasteiger partial charge in [-0.1, -0.05) is 29.8 Å². The van der Waals surface area contributed by atoms with E-state index in [1.807, 2.05) is 18.2 Å². The van der Waals surface area contributed by atoms with Gasteiger partial charge in [0.1, 0.15) is 0 Å². The lowest BCUT2D eigenvalue weighted by atomic mass is 9.96. The van der Waals surface area contributed by atoms with Crippen LogP contribution in [-0.4, -0.2) is 56.1 Å². The zero-order valence-corrected chi connectivity index (χ0v) is 18.2. The van der Waals surface area contributed by atoms with Crippen LogP contribution in [0.2, 0.25) is 5.02 Å². The summed E-state index contributed by atoms with van der Waals surface area (Å²) in [5.74, 6) is -0.738. The van der Waals surface area contributed by atoms with E-state index < -0.39 is 10.0 Å². The molecule has 1 N–H and O–H groups in total. The van der Waals surface area contributed by atoms with E-state index in [-0.39, 0.29) is 42.3 Å². The number of hydrogen-bond donors (Lipinski definition) is 1. The second-order valence-electron chi connectivity index (χ2n) is 7.24. The fraction of sp³-hybridized carbons (Fsp3) is 0.333. The molecule has 2 aromatic carbocycles. The number of hydrogen-bond acceptors (Lipinski definition) is 4. The molecule has 2 aromatic rings. The SMILES string of the molecule is CN(CC(=O)Nc1ccccc1)C(=O)C1CCN(S(=O)(=O)c2ccc(Cl)cc2)CC1. The van der Waals surface area contributed by atoms with Crippen LogP contribution in [-0.2, 0) is 19.6 Å². The van der Waals surface area contributed by atoms with Crippen molar-refractivity contribution >= 4 is 39.1 Å². The van der Waals surface area contributed by atoms with Gasteiger partial charge in [-0.25, -0.2) is 8.42 Å². The Hall–Kier alpha value is -2.42. The topological polar surface area (TPSA) is 86.8 Å². The van der Waals surface area contributed by atoms with Crippen LogP contribution in [0.4, 0.5) is 5.69 Å². The van der Waals surface area contributed by atoms with Crippen molar-refractivity contribution in [3.8, 4) is 0 Å². The minimum Gasteiger partial charge on any atom is -0.336 e. The standard InChI is InChI=1S/C21H24ClN3O4S/c1-24(15-20(26)23-18-5-3-2-4-6-18)21(27)16-11-13-25(14-12-16)30(28,29)19-9-7-17(22)8-10-19/h2-10,16H,11-15H2,1H3,(H,23,26). The number of piperidine rings is 1. The lowest BCUT2D eigenvalue weighted by Crippen LogP contribution is -2.45. The highest BCUT2D eigenvalue weighted by atomic mass is 35.5. The van der Waals surface area contributed by atoms with Gasteiger partial charge >= 0.3 is 0 Å². The number of carbonyl (C=O) groups excluding carboxylic acids is 2. The van der Waals surface area contributed by atoms with Crippen LogP contribution in [0.5, 0.6) is 0 Å². The van der Waals surface area contributed by atoms with Gasteiger partial charge in [0.2, 0.25) is 21.8 Å². The van der Waals surface area contributed by atoms with Crippen molar-refractivity contribution in [2.75, 3.05) is 32.0 Å². The molecule has 160 valence electrons. The molecule has 0 bridgehead atoms. The van der Waals surface area contributed by atoms with Crippen molar-refractivity contribution in [2.24, 2.45) is 5.92 Å². The Kier molecular flexibility index (Phi) is 7.12. The molecule has 2 amide bonds. The molecule has 9 heteroatoms. The van der Waals surface area contributed by atoms with Crippen LogP contribution in [0.3, 0.4) is 0 Å². The quantitative estimate of drug-likeness (QED) is 0.734. The molecule has 0 unspecified atom stereocenters. The predicted octanol–water partition coefficient (Wildman–Crippen LogP) is 2.84. The minimum absolute atomic E-state index is 0.0585. The summed E-state index contributed by atoms with van der Waals surface area (Å²) >= 11 is 5.83. The second-order valence-corrected chi connectivity index (χ2v) is 9.62. The number of anilines is 1. The molecule has 1 aliphatic rings. The summed E-state index contributed by atoms with van der Waals surface area (Å²) in [6.45, 7) is 0.452. The van der Waals surface area contributed by atoms with Crippen molar-refractivity contribution < 1.29 is 18.0 Å². The molecule has 30 heavy (non-hydrogen) atoms. The first-order valence-corrected chi connectivity index (χ1v) is 11.4. The molecule has 0 aliphatic carbocycles. The van der Waals surface area contributed by atoms with Crippen molar-refractivity contribution in [3.63, 3.8) is 0 Å². The van der Waals surface area contributed by atoms with Crippen LogP contribution >= 0.6 is 11.6 Å². The smallest absolute Gasteiger partial charge is 0.243 e. The van der Waals surface area contributed by atoms with Crippen molar-refractivity contribution in [1.82, 2.24) is 9.21 Å². The summed E-state index contributed by atoms with van der Waals surface area (Å²) in [7, 11) is -2.03. The highest BCUT2D eigenvalue weighted by Crippen LogP contribution is 2.25. The molecule has 0 spiro atoms. The van der Waals surface area contributed by atoms with Crippen LogP contribution in [0, 0.1) is 5.92 Å². The first-order chi connectivity index (χ1) is 14.3. The zero-order valence-electron chi connectivity index (χ0n) is 16.6. The first kappa shape index (κ1) is 22.3.